The van der Waals surface area contributed by atoms with Crippen LogP contribution in [-0.2, 0) is 4.79 Å². The Morgan fingerprint density at radius 1 is 1.42 bits per heavy atom. The van der Waals surface area contributed by atoms with Crippen LogP contribution in [0.5, 0.6) is 0 Å². The van der Waals surface area contributed by atoms with Crippen LogP contribution in [0.3, 0.4) is 0 Å². The molecule has 0 radical (unpaired) electrons. The van der Waals surface area contributed by atoms with Crippen molar-refractivity contribution in [1.82, 2.24) is 5.32 Å². The predicted octanol–water partition coefficient (Wildman–Crippen LogP) is 2.60. The first-order valence-electron chi connectivity index (χ1n) is 7.34. The maximum absolute atomic E-state index is 14.0. The van der Waals surface area contributed by atoms with Gasteiger partial charge >= 0.3 is 0 Å². The summed E-state index contributed by atoms with van der Waals surface area (Å²) < 4.78 is 14.0. The molecule has 1 aliphatic rings. The number of rotatable bonds is 5. The fourth-order valence-corrected chi connectivity index (χ4v) is 2.14. The molecule has 1 aromatic rings. The number of nitrogens with two attached hydrogens (primary N) is 1. The van der Waals surface area contributed by atoms with Crippen molar-refractivity contribution in [3.63, 3.8) is 0 Å². The number of carbonyl (C=O) groups excluding carboxylic acids is 1. The van der Waals surface area contributed by atoms with Gasteiger partial charge in [-0.15, -0.1) is 0 Å². The van der Waals surface area contributed by atoms with Crippen LogP contribution in [0.1, 0.15) is 6.92 Å². The third-order valence-electron chi connectivity index (χ3n) is 3.50. The van der Waals surface area contributed by atoms with Gasteiger partial charge in [-0.1, -0.05) is 18.7 Å². The second-order valence-corrected chi connectivity index (χ2v) is 5.24. The van der Waals surface area contributed by atoms with E-state index in [1.807, 2.05) is 0 Å². The zero-order valence-electron chi connectivity index (χ0n) is 13.3. The number of nitrogens with zero attached hydrogens (tertiary/aromatic N) is 1. The summed E-state index contributed by atoms with van der Waals surface area (Å²) in [7, 11) is 0. The Labute approximate surface area is 140 Å². The summed E-state index contributed by atoms with van der Waals surface area (Å²) in [4.78, 5) is 13.9. The molecule has 0 saturated carbocycles. The largest absolute Gasteiger partial charge is 0.405 e. The van der Waals surface area contributed by atoms with E-state index in [1.165, 1.54) is 29.4 Å². The standard InChI is InChI=1S/C18H19FN4O/c1-12-7-8-14(18(24)22-13(2)16(21)9-10-20)11-23(12)17-6-4-3-5-15(17)19/h3-11,13,21H,1,20H2,2H3,(H,22,24)/b10-9-,21-16?/t13-/m1/s1. The fourth-order valence-electron chi connectivity index (χ4n) is 2.14. The molecule has 1 atom stereocenters. The Morgan fingerprint density at radius 3 is 2.79 bits per heavy atom. The van der Waals surface area contributed by atoms with Gasteiger partial charge in [-0.2, -0.15) is 0 Å². The number of para-hydroxylation sites is 1. The Morgan fingerprint density at radius 2 is 2.12 bits per heavy atom. The van der Waals surface area contributed by atoms with E-state index >= 15 is 0 Å². The molecule has 6 heteroatoms. The van der Waals surface area contributed by atoms with Crippen LogP contribution >= 0.6 is 0 Å². The smallest absolute Gasteiger partial charge is 0.253 e. The van der Waals surface area contributed by atoms with Gasteiger partial charge in [-0.05, 0) is 43.5 Å². The number of amides is 1. The number of hydrogen-bond acceptors (Lipinski definition) is 4. The minimum atomic E-state index is -0.501. The minimum Gasteiger partial charge on any atom is -0.405 e. The van der Waals surface area contributed by atoms with Crippen molar-refractivity contribution in [3.8, 4) is 0 Å². The fraction of sp³-hybridized carbons (Fsp3) is 0.111. The quantitative estimate of drug-likeness (QED) is 0.727. The average Bonchev–Trinajstić information content (AvgIpc) is 2.56. The molecule has 0 bridgehead atoms. The van der Waals surface area contributed by atoms with Gasteiger partial charge in [0.2, 0.25) is 0 Å². The van der Waals surface area contributed by atoms with Gasteiger partial charge in [-0.3, -0.25) is 4.79 Å². The first-order chi connectivity index (χ1) is 11.4. The monoisotopic (exact) mass is 326 g/mol. The molecular weight excluding hydrogens is 307 g/mol. The molecule has 2 rings (SSSR count). The highest BCUT2D eigenvalue weighted by Gasteiger charge is 2.19. The second kappa shape index (κ2) is 7.41. The molecule has 0 unspecified atom stereocenters. The number of halogens is 1. The van der Waals surface area contributed by atoms with Crippen molar-refractivity contribution < 1.29 is 9.18 Å². The highest BCUT2D eigenvalue weighted by atomic mass is 19.1. The van der Waals surface area contributed by atoms with E-state index in [9.17, 15) is 9.18 Å². The summed E-state index contributed by atoms with van der Waals surface area (Å²) in [5, 5.41) is 10.4. The van der Waals surface area contributed by atoms with E-state index in [0.29, 0.717) is 17.0 Å². The highest BCUT2D eigenvalue weighted by Crippen LogP contribution is 2.26. The average molecular weight is 326 g/mol. The lowest BCUT2D eigenvalue weighted by molar-refractivity contribution is -0.117. The van der Waals surface area contributed by atoms with Crippen LogP contribution in [0, 0.1) is 11.2 Å². The van der Waals surface area contributed by atoms with E-state index < -0.39 is 11.9 Å². The molecule has 1 aliphatic heterocycles. The maximum atomic E-state index is 14.0. The summed E-state index contributed by atoms with van der Waals surface area (Å²) in [5.41, 5.74) is 6.62. The van der Waals surface area contributed by atoms with Crippen LogP contribution in [0.2, 0.25) is 0 Å². The second-order valence-electron chi connectivity index (χ2n) is 5.24. The molecule has 0 aliphatic carbocycles. The van der Waals surface area contributed by atoms with Gasteiger partial charge in [-0.25, -0.2) is 4.39 Å². The van der Waals surface area contributed by atoms with Gasteiger partial charge in [0, 0.05) is 11.9 Å². The van der Waals surface area contributed by atoms with Crippen molar-refractivity contribution in [1.29, 1.82) is 5.41 Å². The molecule has 124 valence electrons. The van der Waals surface area contributed by atoms with Crippen molar-refractivity contribution >= 4 is 17.3 Å². The Bertz CT molecular complexity index is 764. The Kier molecular flexibility index (Phi) is 5.31. The molecule has 1 heterocycles. The van der Waals surface area contributed by atoms with Gasteiger partial charge < -0.3 is 21.4 Å². The number of allylic oxidation sites excluding steroid dienone is 1. The summed E-state index contributed by atoms with van der Waals surface area (Å²) in [6.45, 7) is 5.54. The van der Waals surface area contributed by atoms with Crippen molar-refractivity contribution in [2.45, 2.75) is 13.0 Å². The van der Waals surface area contributed by atoms with Crippen LogP contribution in [0.15, 0.2) is 72.7 Å². The number of nitrogens with one attached hydrogen (secondary N) is 2. The zero-order valence-corrected chi connectivity index (χ0v) is 13.3. The molecule has 0 saturated heterocycles. The molecule has 24 heavy (non-hydrogen) atoms. The van der Waals surface area contributed by atoms with E-state index in [1.54, 1.807) is 37.3 Å². The maximum Gasteiger partial charge on any atom is 0.253 e. The normalized spacial score (nSPS) is 15.3. The topological polar surface area (TPSA) is 82.2 Å². The molecule has 5 nitrogen and oxygen atoms in total. The summed E-state index contributed by atoms with van der Waals surface area (Å²) in [6, 6.07) is 5.75. The van der Waals surface area contributed by atoms with Crippen molar-refractivity contribution in [2.24, 2.45) is 5.73 Å². The van der Waals surface area contributed by atoms with Gasteiger partial charge in [0.1, 0.15) is 5.82 Å². The van der Waals surface area contributed by atoms with E-state index in [-0.39, 0.29) is 11.6 Å². The number of anilines is 1. The first kappa shape index (κ1) is 17.2. The third-order valence-corrected chi connectivity index (χ3v) is 3.50. The lowest BCUT2D eigenvalue weighted by Crippen LogP contribution is -2.39. The summed E-state index contributed by atoms with van der Waals surface area (Å²) in [5.74, 6) is -0.782. The number of benzene rings is 1. The number of carbonyl (C=O) groups is 1. The van der Waals surface area contributed by atoms with E-state index in [2.05, 4.69) is 11.9 Å². The lowest BCUT2D eigenvalue weighted by Gasteiger charge is -2.25. The van der Waals surface area contributed by atoms with E-state index in [4.69, 9.17) is 11.1 Å². The molecule has 0 aromatic heterocycles. The van der Waals surface area contributed by atoms with Crippen molar-refractivity contribution in [2.75, 3.05) is 4.90 Å². The Hall–Kier alpha value is -3.15. The molecule has 1 amide bonds. The molecule has 0 spiro atoms. The van der Waals surface area contributed by atoms with Gasteiger partial charge in [0.25, 0.3) is 5.91 Å². The Balaban J connectivity index is 2.21. The number of hydrogen-bond donors (Lipinski definition) is 3. The van der Waals surface area contributed by atoms with Crippen molar-refractivity contribution in [3.05, 3.63) is 78.6 Å². The minimum absolute atomic E-state index is 0.182. The third kappa shape index (κ3) is 3.78. The van der Waals surface area contributed by atoms with Gasteiger partial charge in [0.05, 0.1) is 23.0 Å². The van der Waals surface area contributed by atoms with Crippen LogP contribution in [-0.4, -0.2) is 17.7 Å². The summed E-state index contributed by atoms with van der Waals surface area (Å²) in [6.07, 6.45) is 7.41. The first-order valence-corrected chi connectivity index (χ1v) is 7.34. The van der Waals surface area contributed by atoms with Gasteiger partial charge in [0.15, 0.2) is 0 Å². The van der Waals surface area contributed by atoms with Crippen LogP contribution in [0.25, 0.3) is 0 Å². The van der Waals surface area contributed by atoms with Crippen LogP contribution in [0.4, 0.5) is 10.1 Å². The highest BCUT2D eigenvalue weighted by molar-refractivity contribution is 6.03. The van der Waals surface area contributed by atoms with Crippen LogP contribution < -0.4 is 16.0 Å². The summed E-state index contributed by atoms with van der Waals surface area (Å²) >= 11 is 0. The molecular formula is C18H19FN4O. The molecule has 0 fully saturated rings. The SMILES string of the molecule is C=C1C=CC(C(=O)N[C@H](C)C(=N)/C=C\N)=CN1c1ccccc1F. The lowest BCUT2D eigenvalue weighted by atomic mass is 10.1. The van der Waals surface area contributed by atoms with E-state index in [0.717, 1.165) is 0 Å². The zero-order chi connectivity index (χ0) is 17.7. The molecule has 1 aromatic carbocycles. The predicted molar refractivity (Wildman–Crippen MR) is 93.9 cm³/mol. The molecule has 4 N–H and O–H groups in total.